The minimum absolute atomic E-state index is 0.177. The van der Waals surface area contributed by atoms with E-state index in [1.165, 1.54) is 0 Å². The number of ether oxygens (including phenoxy) is 3. The lowest BCUT2D eigenvalue weighted by atomic mass is 9.91. The van der Waals surface area contributed by atoms with Crippen molar-refractivity contribution in [2.45, 2.75) is 18.9 Å². The van der Waals surface area contributed by atoms with Crippen LogP contribution in [0.3, 0.4) is 0 Å². The summed E-state index contributed by atoms with van der Waals surface area (Å²) >= 11 is 3.48. The van der Waals surface area contributed by atoms with E-state index in [0.717, 1.165) is 35.2 Å². The maximum Gasteiger partial charge on any atom is 0.133 e. The molecule has 112 valence electrons. The highest BCUT2D eigenvalue weighted by atomic mass is 79.9. The molecule has 1 aromatic carbocycles. The lowest BCUT2D eigenvalue weighted by molar-refractivity contribution is -0.01000. The van der Waals surface area contributed by atoms with E-state index in [9.17, 15) is 5.11 Å². The fourth-order valence-electron chi connectivity index (χ4n) is 2.34. The molecule has 2 atom stereocenters. The predicted molar refractivity (Wildman–Crippen MR) is 80.0 cm³/mol. The van der Waals surface area contributed by atoms with Gasteiger partial charge in [-0.05, 0) is 46.5 Å². The molecule has 1 N–H and O–H groups in total. The molecule has 1 aliphatic rings. The van der Waals surface area contributed by atoms with Gasteiger partial charge in [-0.2, -0.15) is 0 Å². The molecule has 1 heterocycles. The van der Waals surface area contributed by atoms with Gasteiger partial charge in [0.25, 0.3) is 0 Å². The zero-order valence-electron chi connectivity index (χ0n) is 11.7. The Hall–Kier alpha value is -0.620. The van der Waals surface area contributed by atoms with Gasteiger partial charge in [0.15, 0.2) is 0 Å². The topological polar surface area (TPSA) is 47.9 Å². The average Bonchev–Trinajstić information content (AvgIpc) is 2.49. The van der Waals surface area contributed by atoms with Gasteiger partial charge < -0.3 is 19.3 Å². The van der Waals surface area contributed by atoms with Crippen LogP contribution in [-0.4, -0.2) is 38.6 Å². The lowest BCUT2D eigenvalue weighted by Crippen LogP contribution is -2.23. The molecular weight excluding hydrogens is 324 g/mol. The van der Waals surface area contributed by atoms with Crippen molar-refractivity contribution in [1.82, 2.24) is 0 Å². The molecule has 1 aliphatic heterocycles. The number of hydrogen-bond acceptors (Lipinski definition) is 4. The molecule has 2 unspecified atom stereocenters. The van der Waals surface area contributed by atoms with Crippen molar-refractivity contribution in [2.75, 3.05) is 33.5 Å². The van der Waals surface area contributed by atoms with Gasteiger partial charge in [0.2, 0.25) is 0 Å². The van der Waals surface area contributed by atoms with Crippen LogP contribution in [0.15, 0.2) is 22.7 Å². The quantitative estimate of drug-likeness (QED) is 0.806. The SMILES string of the molecule is COCCOc1ccc(C(O)C2CCCOC2)cc1Br. The maximum absolute atomic E-state index is 10.4. The molecule has 4 nitrogen and oxygen atoms in total. The molecule has 2 rings (SSSR count). The van der Waals surface area contributed by atoms with Crippen LogP contribution in [0, 0.1) is 5.92 Å². The second-order valence-electron chi connectivity index (χ2n) is 4.95. The largest absolute Gasteiger partial charge is 0.490 e. The van der Waals surface area contributed by atoms with E-state index in [-0.39, 0.29) is 5.92 Å². The van der Waals surface area contributed by atoms with E-state index < -0.39 is 6.10 Å². The molecule has 1 aromatic rings. The fourth-order valence-corrected chi connectivity index (χ4v) is 2.85. The summed E-state index contributed by atoms with van der Waals surface area (Å²) in [4.78, 5) is 0. The van der Waals surface area contributed by atoms with E-state index in [1.807, 2.05) is 18.2 Å². The van der Waals surface area contributed by atoms with Crippen molar-refractivity contribution < 1.29 is 19.3 Å². The first kappa shape index (κ1) is 15.8. The van der Waals surface area contributed by atoms with E-state index >= 15 is 0 Å². The number of methoxy groups -OCH3 is 1. The summed E-state index contributed by atoms with van der Waals surface area (Å²) < 4.78 is 16.8. The van der Waals surface area contributed by atoms with Gasteiger partial charge in [0, 0.05) is 19.6 Å². The fraction of sp³-hybridized carbons (Fsp3) is 0.600. The van der Waals surface area contributed by atoms with Gasteiger partial charge in [0.05, 0.1) is 23.8 Å². The highest BCUT2D eigenvalue weighted by molar-refractivity contribution is 9.10. The Labute approximate surface area is 128 Å². The second-order valence-corrected chi connectivity index (χ2v) is 5.81. The van der Waals surface area contributed by atoms with Crippen LogP contribution in [0.25, 0.3) is 0 Å². The van der Waals surface area contributed by atoms with Gasteiger partial charge in [-0.3, -0.25) is 0 Å². The molecule has 0 aromatic heterocycles. The van der Waals surface area contributed by atoms with E-state index in [1.54, 1.807) is 7.11 Å². The Balaban J connectivity index is 1.99. The molecule has 0 spiro atoms. The summed E-state index contributed by atoms with van der Waals surface area (Å²) in [7, 11) is 1.64. The van der Waals surface area contributed by atoms with Crippen molar-refractivity contribution >= 4 is 15.9 Å². The van der Waals surface area contributed by atoms with Crippen molar-refractivity contribution in [3.8, 4) is 5.75 Å². The summed E-state index contributed by atoms with van der Waals surface area (Å²) in [6, 6.07) is 5.70. The zero-order chi connectivity index (χ0) is 14.4. The predicted octanol–water partition coefficient (Wildman–Crippen LogP) is 2.93. The van der Waals surface area contributed by atoms with Crippen molar-refractivity contribution in [3.63, 3.8) is 0 Å². The number of halogens is 1. The Morgan fingerprint density at radius 1 is 1.45 bits per heavy atom. The van der Waals surface area contributed by atoms with Crippen LogP contribution >= 0.6 is 15.9 Å². The van der Waals surface area contributed by atoms with Gasteiger partial charge >= 0.3 is 0 Å². The summed E-state index contributed by atoms with van der Waals surface area (Å²) in [6.45, 7) is 2.49. The van der Waals surface area contributed by atoms with Gasteiger partial charge in [0.1, 0.15) is 12.4 Å². The van der Waals surface area contributed by atoms with E-state index in [0.29, 0.717) is 19.8 Å². The van der Waals surface area contributed by atoms with Crippen LogP contribution in [-0.2, 0) is 9.47 Å². The molecular formula is C15H21BrO4. The highest BCUT2D eigenvalue weighted by Gasteiger charge is 2.24. The standard InChI is InChI=1S/C15H21BrO4/c1-18-7-8-20-14-5-4-11(9-13(14)16)15(17)12-3-2-6-19-10-12/h4-5,9,12,15,17H,2-3,6-8,10H2,1H3. The minimum atomic E-state index is -0.486. The Bertz CT molecular complexity index is 418. The molecule has 5 heteroatoms. The van der Waals surface area contributed by atoms with Crippen molar-refractivity contribution in [1.29, 1.82) is 0 Å². The van der Waals surface area contributed by atoms with Crippen LogP contribution in [0.5, 0.6) is 5.75 Å². The summed E-state index contributed by atoms with van der Waals surface area (Å²) in [5, 5.41) is 10.4. The Morgan fingerprint density at radius 2 is 2.30 bits per heavy atom. The smallest absolute Gasteiger partial charge is 0.133 e. The maximum atomic E-state index is 10.4. The molecule has 1 saturated heterocycles. The van der Waals surface area contributed by atoms with E-state index in [4.69, 9.17) is 14.2 Å². The molecule has 20 heavy (non-hydrogen) atoms. The first-order chi connectivity index (χ1) is 9.72. The number of aliphatic hydroxyl groups excluding tert-OH is 1. The third kappa shape index (κ3) is 4.19. The number of aliphatic hydroxyl groups is 1. The van der Waals surface area contributed by atoms with Gasteiger partial charge in [-0.1, -0.05) is 6.07 Å². The third-order valence-corrected chi connectivity index (χ3v) is 4.10. The van der Waals surface area contributed by atoms with Crippen LogP contribution in [0.2, 0.25) is 0 Å². The zero-order valence-corrected chi connectivity index (χ0v) is 13.3. The van der Waals surface area contributed by atoms with Crippen LogP contribution < -0.4 is 4.74 Å². The number of benzene rings is 1. The molecule has 0 aliphatic carbocycles. The summed E-state index contributed by atoms with van der Waals surface area (Å²) in [6.07, 6.45) is 1.53. The molecule has 0 radical (unpaired) electrons. The van der Waals surface area contributed by atoms with Gasteiger partial charge in [-0.15, -0.1) is 0 Å². The molecule has 0 saturated carbocycles. The van der Waals surface area contributed by atoms with Crippen molar-refractivity contribution in [3.05, 3.63) is 28.2 Å². The normalized spacial score (nSPS) is 20.6. The third-order valence-electron chi connectivity index (χ3n) is 3.48. The summed E-state index contributed by atoms with van der Waals surface area (Å²) in [5.74, 6) is 0.939. The number of hydrogen-bond donors (Lipinski definition) is 1. The van der Waals surface area contributed by atoms with E-state index in [2.05, 4.69) is 15.9 Å². The van der Waals surface area contributed by atoms with Crippen LogP contribution in [0.4, 0.5) is 0 Å². The monoisotopic (exact) mass is 344 g/mol. The highest BCUT2D eigenvalue weighted by Crippen LogP contribution is 2.33. The number of rotatable bonds is 6. The second kappa shape index (κ2) is 7.98. The Morgan fingerprint density at radius 3 is 2.95 bits per heavy atom. The first-order valence-electron chi connectivity index (χ1n) is 6.89. The van der Waals surface area contributed by atoms with Crippen molar-refractivity contribution in [2.24, 2.45) is 5.92 Å². The molecule has 0 bridgehead atoms. The molecule has 0 amide bonds. The minimum Gasteiger partial charge on any atom is -0.490 e. The molecule has 1 fully saturated rings. The first-order valence-corrected chi connectivity index (χ1v) is 7.68. The van der Waals surface area contributed by atoms with Gasteiger partial charge in [-0.25, -0.2) is 0 Å². The summed E-state index contributed by atoms with van der Waals surface area (Å²) in [5.41, 5.74) is 0.895. The average molecular weight is 345 g/mol. The van der Waals surface area contributed by atoms with Crippen LogP contribution in [0.1, 0.15) is 24.5 Å². The Kier molecular flexibility index (Phi) is 6.29. The lowest BCUT2D eigenvalue weighted by Gasteiger charge is -2.27.